The van der Waals surface area contributed by atoms with Crippen LogP contribution in [0.15, 0.2) is 29.2 Å². The highest BCUT2D eigenvalue weighted by Gasteiger charge is 2.31. The van der Waals surface area contributed by atoms with Gasteiger partial charge in [0.05, 0.1) is 22.6 Å². The van der Waals surface area contributed by atoms with Gasteiger partial charge in [-0.25, -0.2) is 13.2 Å². The monoisotopic (exact) mass is 282 g/mol. The summed E-state index contributed by atoms with van der Waals surface area (Å²) in [5.41, 5.74) is -0.528. The quantitative estimate of drug-likeness (QED) is 0.918. The van der Waals surface area contributed by atoms with E-state index in [-0.39, 0.29) is 0 Å². The zero-order chi connectivity index (χ0) is 14.0. The Balaban J connectivity index is 3.10. The Morgan fingerprint density at radius 1 is 1.22 bits per heavy atom. The standard InChI is InChI=1S/C10H9F3O4S/c11-10(12,13)5-6-18(16,17)8-4-2-1-3-7(8)9(14)15/h1-4H,5-6H2,(H,14,15). The molecule has 0 aliphatic carbocycles. The average Bonchev–Trinajstić information content (AvgIpc) is 2.26. The number of carboxylic acids is 1. The Morgan fingerprint density at radius 2 is 1.78 bits per heavy atom. The number of carbonyl (C=O) groups is 1. The normalized spacial score (nSPS) is 12.4. The van der Waals surface area contributed by atoms with Crippen molar-refractivity contribution in [2.45, 2.75) is 17.5 Å². The lowest BCUT2D eigenvalue weighted by molar-refractivity contribution is -0.129. The van der Waals surface area contributed by atoms with Crippen LogP contribution in [-0.4, -0.2) is 31.4 Å². The van der Waals surface area contributed by atoms with Crippen molar-refractivity contribution in [3.8, 4) is 0 Å². The van der Waals surface area contributed by atoms with Gasteiger partial charge in [-0.05, 0) is 12.1 Å². The predicted octanol–water partition coefficient (Wildman–Crippen LogP) is 2.11. The number of hydrogen-bond acceptors (Lipinski definition) is 3. The van der Waals surface area contributed by atoms with E-state index >= 15 is 0 Å². The van der Waals surface area contributed by atoms with Crippen LogP contribution in [-0.2, 0) is 9.84 Å². The van der Waals surface area contributed by atoms with Crippen molar-refractivity contribution < 1.29 is 31.5 Å². The van der Waals surface area contributed by atoms with Crippen LogP contribution in [0.4, 0.5) is 13.2 Å². The van der Waals surface area contributed by atoms with Crippen LogP contribution < -0.4 is 0 Å². The first-order valence-corrected chi connectivity index (χ1v) is 6.40. The van der Waals surface area contributed by atoms with E-state index in [2.05, 4.69) is 0 Å². The maximum atomic E-state index is 12.0. The molecule has 0 spiro atoms. The molecule has 0 aromatic heterocycles. The summed E-state index contributed by atoms with van der Waals surface area (Å²) in [5, 5.41) is 8.77. The summed E-state index contributed by atoms with van der Waals surface area (Å²) in [4.78, 5) is 10.2. The lowest BCUT2D eigenvalue weighted by Gasteiger charge is -2.09. The molecular weight excluding hydrogens is 273 g/mol. The van der Waals surface area contributed by atoms with Crippen molar-refractivity contribution in [1.82, 2.24) is 0 Å². The van der Waals surface area contributed by atoms with Crippen molar-refractivity contribution in [3.05, 3.63) is 29.8 Å². The maximum Gasteiger partial charge on any atom is 0.390 e. The van der Waals surface area contributed by atoms with Crippen LogP contribution in [0.25, 0.3) is 0 Å². The molecule has 0 saturated heterocycles. The van der Waals surface area contributed by atoms with E-state index < -0.39 is 44.6 Å². The fourth-order valence-electron chi connectivity index (χ4n) is 1.27. The number of carboxylic acid groups (broad SMARTS) is 1. The van der Waals surface area contributed by atoms with Crippen molar-refractivity contribution >= 4 is 15.8 Å². The lowest BCUT2D eigenvalue weighted by atomic mass is 10.2. The second kappa shape index (κ2) is 4.97. The van der Waals surface area contributed by atoms with Crippen LogP contribution in [0, 0.1) is 0 Å². The molecule has 0 atom stereocenters. The summed E-state index contributed by atoms with van der Waals surface area (Å²) in [7, 11) is -4.27. The molecule has 0 aliphatic heterocycles. The zero-order valence-corrected chi connectivity index (χ0v) is 9.75. The first-order chi connectivity index (χ1) is 8.13. The Morgan fingerprint density at radius 3 is 2.28 bits per heavy atom. The Kier molecular flexibility index (Phi) is 4.00. The molecular formula is C10H9F3O4S. The van der Waals surface area contributed by atoms with Gasteiger partial charge in [-0.1, -0.05) is 12.1 Å². The SMILES string of the molecule is O=C(O)c1ccccc1S(=O)(=O)CCC(F)(F)F. The number of aromatic carboxylic acids is 1. The highest BCUT2D eigenvalue weighted by molar-refractivity contribution is 7.91. The van der Waals surface area contributed by atoms with Crippen LogP contribution in [0.5, 0.6) is 0 Å². The summed E-state index contributed by atoms with van der Waals surface area (Å²) < 4.78 is 59.2. The van der Waals surface area contributed by atoms with Gasteiger partial charge in [0.2, 0.25) is 0 Å². The Hall–Kier alpha value is -1.57. The summed E-state index contributed by atoms with van der Waals surface area (Å²) in [6, 6.07) is 4.57. The van der Waals surface area contributed by atoms with Gasteiger partial charge in [-0.2, -0.15) is 13.2 Å². The first-order valence-electron chi connectivity index (χ1n) is 4.75. The Labute approximate surface area is 101 Å². The van der Waals surface area contributed by atoms with Crippen molar-refractivity contribution in [1.29, 1.82) is 0 Å². The second-order valence-corrected chi connectivity index (χ2v) is 5.56. The minimum atomic E-state index is -4.61. The summed E-state index contributed by atoms with van der Waals surface area (Å²) in [5.74, 6) is -2.66. The number of sulfone groups is 1. The van der Waals surface area contributed by atoms with Crippen molar-refractivity contribution in [2.75, 3.05) is 5.75 Å². The molecule has 1 aromatic rings. The third-order valence-electron chi connectivity index (χ3n) is 2.11. The first kappa shape index (κ1) is 14.5. The van der Waals surface area contributed by atoms with Gasteiger partial charge in [-0.3, -0.25) is 0 Å². The van der Waals surface area contributed by atoms with Gasteiger partial charge >= 0.3 is 12.1 Å². The number of alkyl halides is 3. The fourth-order valence-corrected chi connectivity index (χ4v) is 2.77. The fraction of sp³-hybridized carbons (Fsp3) is 0.300. The van der Waals surface area contributed by atoms with Gasteiger partial charge in [-0.15, -0.1) is 0 Å². The molecule has 18 heavy (non-hydrogen) atoms. The minimum absolute atomic E-state index is 0.528. The van der Waals surface area contributed by atoms with E-state index in [1.54, 1.807) is 0 Å². The molecule has 0 heterocycles. The van der Waals surface area contributed by atoms with Gasteiger partial charge in [0.25, 0.3) is 0 Å². The van der Waals surface area contributed by atoms with Crippen molar-refractivity contribution in [3.63, 3.8) is 0 Å². The van der Waals surface area contributed by atoms with Gasteiger partial charge in [0.15, 0.2) is 9.84 Å². The second-order valence-electron chi connectivity index (χ2n) is 3.49. The van der Waals surface area contributed by atoms with Gasteiger partial charge in [0.1, 0.15) is 0 Å². The van der Waals surface area contributed by atoms with E-state index in [1.165, 1.54) is 12.1 Å². The summed E-state index contributed by atoms with van der Waals surface area (Å²) >= 11 is 0. The predicted molar refractivity (Wildman–Crippen MR) is 56.1 cm³/mol. The number of halogens is 3. The van der Waals surface area contributed by atoms with Crippen molar-refractivity contribution in [2.24, 2.45) is 0 Å². The molecule has 0 radical (unpaired) electrons. The maximum absolute atomic E-state index is 12.0. The number of hydrogen-bond donors (Lipinski definition) is 1. The van der Waals surface area contributed by atoms with E-state index in [0.29, 0.717) is 0 Å². The lowest BCUT2D eigenvalue weighted by Crippen LogP contribution is -2.18. The molecule has 1 N–H and O–H groups in total. The molecule has 0 fully saturated rings. The molecule has 1 rings (SSSR count). The average molecular weight is 282 g/mol. The number of rotatable bonds is 4. The molecule has 0 unspecified atom stereocenters. The third kappa shape index (κ3) is 3.73. The topological polar surface area (TPSA) is 71.4 Å². The molecule has 8 heteroatoms. The smallest absolute Gasteiger partial charge is 0.390 e. The van der Waals surface area contributed by atoms with Gasteiger partial charge < -0.3 is 5.11 Å². The highest BCUT2D eigenvalue weighted by Crippen LogP contribution is 2.24. The molecule has 0 bridgehead atoms. The van der Waals surface area contributed by atoms with E-state index in [0.717, 1.165) is 12.1 Å². The van der Waals surface area contributed by atoms with E-state index in [9.17, 15) is 26.4 Å². The minimum Gasteiger partial charge on any atom is -0.478 e. The van der Waals surface area contributed by atoms with Crippen LogP contribution in [0.2, 0.25) is 0 Å². The van der Waals surface area contributed by atoms with Crippen LogP contribution in [0.1, 0.15) is 16.8 Å². The molecule has 4 nitrogen and oxygen atoms in total. The molecule has 0 amide bonds. The summed E-state index contributed by atoms with van der Waals surface area (Å²) in [6.07, 6.45) is -6.12. The largest absolute Gasteiger partial charge is 0.478 e. The molecule has 1 aromatic carbocycles. The summed E-state index contributed by atoms with van der Waals surface area (Å²) in [6.45, 7) is 0. The van der Waals surface area contributed by atoms with Crippen LogP contribution >= 0.6 is 0 Å². The van der Waals surface area contributed by atoms with Crippen LogP contribution in [0.3, 0.4) is 0 Å². The zero-order valence-electron chi connectivity index (χ0n) is 8.94. The number of benzene rings is 1. The molecule has 0 aliphatic rings. The van der Waals surface area contributed by atoms with E-state index in [4.69, 9.17) is 5.11 Å². The highest BCUT2D eigenvalue weighted by atomic mass is 32.2. The Bertz CT molecular complexity index is 548. The van der Waals surface area contributed by atoms with Gasteiger partial charge in [0, 0.05) is 0 Å². The van der Waals surface area contributed by atoms with E-state index in [1.807, 2.05) is 0 Å². The third-order valence-corrected chi connectivity index (χ3v) is 3.87. The molecule has 0 saturated carbocycles. The molecule has 100 valence electrons.